The van der Waals surface area contributed by atoms with Gasteiger partial charge in [-0.3, -0.25) is 0 Å². The predicted octanol–water partition coefficient (Wildman–Crippen LogP) is -0.249. The molecule has 2 radical (unpaired) electrons. The number of rotatable bonds is 0. The summed E-state index contributed by atoms with van der Waals surface area (Å²) in [6.45, 7) is 1.77. The van der Waals surface area contributed by atoms with Crippen LogP contribution in [0.25, 0.3) is 6.20 Å². The summed E-state index contributed by atoms with van der Waals surface area (Å²) in [6, 6.07) is 5.34. The molecule has 0 spiro atoms. The van der Waals surface area contributed by atoms with Crippen LogP contribution in [0.1, 0.15) is 6.92 Å². The highest BCUT2D eigenvalue weighted by Crippen LogP contribution is 1.86. The maximum absolute atomic E-state index is 12.7. The van der Waals surface area contributed by atoms with Crippen molar-refractivity contribution in [2.45, 2.75) is 6.92 Å². The first-order chi connectivity index (χ1) is 5.75. The van der Waals surface area contributed by atoms with Gasteiger partial charge in [-0.2, -0.15) is 0 Å². The molecule has 0 unspecified atom stereocenters. The molecule has 0 fully saturated rings. The Morgan fingerprint density at radius 2 is 2.42 bits per heavy atom. The molecule has 0 saturated heterocycles. The SMILES string of the molecule is CC1=[N+]C=c2c[c]c(F)cc2=N1. The number of fused-ring (bicyclic) bond motifs is 1. The lowest BCUT2D eigenvalue weighted by Gasteiger charge is -1.86. The molecule has 0 saturated carbocycles. The number of benzene rings is 1. The smallest absolute Gasteiger partial charge is 0.206 e. The summed E-state index contributed by atoms with van der Waals surface area (Å²) in [7, 11) is 0. The first kappa shape index (κ1) is 7.16. The van der Waals surface area contributed by atoms with E-state index in [1.807, 2.05) is 0 Å². The van der Waals surface area contributed by atoms with Crippen molar-refractivity contribution in [2.75, 3.05) is 0 Å². The van der Waals surface area contributed by atoms with Gasteiger partial charge in [0.1, 0.15) is 5.82 Å². The van der Waals surface area contributed by atoms with Crippen LogP contribution in [-0.4, -0.2) is 5.84 Å². The second-order valence-corrected chi connectivity index (χ2v) is 2.54. The number of halogens is 1. The fourth-order valence-electron chi connectivity index (χ4n) is 1.03. The van der Waals surface area contributed by atoms with E-state index in [1.165, 1.54) is 6.07 Å². The van der Waals surface area contributed by atoms with E-state index in [9.17, 15) is 4.39 Å². The third-order valence-electron chi connectivity index (χ3n) is 1.60. The molecule has 1 aliphatic heterocycles. The Morgan fingerprint density at radius 1 is 1.58 bits per heavy atom. The maximum atomic E-state index is 12.7. The molecule has 2 rings (SSSR count). The molecule has 0 atom stereocenters. The molecule has 0 N–H and O–H groups in total. The van der Waals surface area contributed by atoms with Gasteiger partial charge in [-0.25, -0.2) is 4.39 Å². The molecular weight excluding hydrogens is 155 g/mol. The van der Waals surface area contributed by atoms with Gasteiger partial charge in [0.05, 0.1) is 5.22 Å². The van der Waals surface area contributed by atoms with E-state index in [0.717, 1.165) is 5.22 Å². The number of aliphatic imine (C=N–C) groups is 1. The van der Waals surface area contributed by atoms with Crippen LogP contribution in [0, 0.1) is 11.9 Å². The van der Waals surface area contributed by atoms with Crippen molar-refractivity contribution in [3.8, 4) is 0 Å². The number of amidine groups is 1. The molecule has 0 amide bonds. The molecule has 1 aromatic carbocycles. The Morgan fingerprint density at radius 3 is 3.25 bits per heavy atom. The number of hydrogen-bond acceptors (Lipinski definition) is 2. The highest BCUT2D eigenvalue weighted by atomic mass is 19.1. The summed E-state index contributed by atoms with van der Waals surface area (Å²) in [5, 5.41) is 1.43. The summed E-state index contributed by atoms with van der Waals surface area (Å²) < 4.78 is 12.7. The van der Waals surface area contributed by atoms with E-state index >= 15 is 0 Å². The van der Waals surface area contributed by atoms with E-state index < -0.39 is 0 Å². The number of hydrogen-bond donors (Lipinski definition) is 0. The van der Waals surface area contributed by atoms with Crippen LogP contribution < -0.4 is 15.6 Å². The average Bonchev–Trinajstić information content (AvgIpc) is 2.03. The molecule has 0 aromatic heterocycles. The normalized spacial score (nSPS) is 14.0. The Labute approximate surface area is 68.8 Å². The Hall–Kier alpha value is -1.51. The van der Waals surface area contributed by atoms with Crippen LogP contribution in [0.2, 0.25) is 0 Å². The van der Waals surface area contributed by atoms with Gasteiger partial charge in [0, 0.05) is 19.1 Å². The molecule has 3 heteroatoms. The van der Waals surface area contributed by atoms with Crippen molar-refractivity contribution < 1.29 is 4.39 Å². The zero-order valence-corrected chi connectivity index (χ0v) is 6.50. The standard InChI is InChI=1S/C9H6FN2/c1-6-11-5-7-2-3-8(10)4-9(7)12-6/h2,4-5H,1H3/q+1. The van der Waals surface area contributed by atoms with Gasteiger partial charge in [0.25, 0.3) is 0 Å². The Kier molecular flexibility index (Phi) is 1.50. The Bertz CT molecular complexity index is 460. The summed E-state index contributed by atoms with van der Waals surface area (Å²) >= 11 is 0. The van der Waals surface area contributed by atoms with E-state index in [1.54, 1.807) is 19.2 Å². The second kappa shape index (κ2) is 2.52. The molecule has 1 heterocycles. The van der Waals surface area contributed by atoms with Crippen molar-refractivity contribution >= 4 is 12.0 Å². The summed E-state index contributed by atoms with van der Waals surface area (Å²) in [6.07, 6.45) is 1.66. The van der Waals surface area contributed by atoms with Gasteiger partial charge in [0.15, 0.2) is 11.6 Å². The van der Waals surface area contributed by atoms with Gasteiger partial charge in [-0.05, 0) is 16.1 Å². The van der Waals surface area contributed by atoms with Crippen LogP contribution in [0.15, 0.2) is 17.1 Å². The minimum Gasteiger partial charge on any atom is -0.206 e. The molecule has 12 heavy (non-hydrogen) atoms. The van der Waals surface area contributed by atoms with Gasteiger partial charge in [-0.15, -0.1) is 0 Å². The first-order valence-corrected chi connectivity index (χ1v) is 3.56. The average molecular weight is 161 g/mol. The first-order valence-electron chi connectivity index (χ1n) is 3.56. The molecule has 58 valence electrons. The maximum Gasteiger partial charge on any atom is 0.336 e. The van der Waals surface area contributed by atoms with Gasteiger partial charge in [0.2, 0.25) is 0 Å². The molecule has 0 aliphatic carbocycles. The minimum atomic E-state index is -0.388. The van der Waals surface area contributed by atoms with E-state index in [2.05, 4.69) is 16.1 Å². The monoisotopic (exact) mass is 161 g/mol. The lowest BCUT2D eigenvalue weighted by atomic mass is 10.2. The number of nitrogens with zero attached hydrogens (tertiary/aromatic N) is 2. The molecule has 1 aromatic rings. The topological polar surface area (TPSA) is 26.5 Å². The predicted molar refractivity (Wildman–Crippen MR) is 43.3 cm³/mol. The third-order valence-corrected chi connectivity index (χ3v) is 1.60. The highest BCUT2D eigenvalue weighted by molar-refractivity contribution is 5.81. The van der Waals surface area contributed by atoms with Gasteiger partial charge in [-0.1, -0.05) is 0 Å². The summed E-state index contributed by atoms with van der Waals surface area (Å²) in [4.78, 5) is 8.05. The molecular formula is C9H6FN2+. The van der Waals surface area contributed by atoms with E-state index in [-0.39, 0.29) is 5.82 Å². The lowest BCUT2D eigenvalue weighted by molar-refractivity contribution is 0.623. The summed E-state index contributed by atoms with van der Waals surface area (Å²) in [5.74, 6) is 0.258. The van der Waals surface area contributed by atoms with Crippen LogP contribution in [-0.2, 0) is 0 Å². The Balaban J connectivity index is 2.80. The van der Waals surface area contributed by atoms with Crippen LogP contribution >= 0.6 is 0 Å². The van der Waals surface area contributed by atoms with E-state index in [4.69, 9.17) is 0 Å². The summed E-state index contributed by atoms with van der Waals surface area (Å²) in [5.41, 5.74) is 0. The fraction of sp³-hybridized carbons (Fsp3) is 0.111. The third kappa shape index (κ3) is 1.13. The van der Waals surface area contributed by atoms with Crippen molar-refractivity contribution in [3.63, 3.8) is 0 Å². The quantitative estimate of drug-likeness (QED) is 0.501. The minimum absolute atomic E-state index is 0.388. The lowest BCUT2D eigenvalue weighted by Crippen LogP contribution is -2.30. The fourth-order valence-corrected chi connectivity index (χ4v) is 1.03. The molecule has 1 aliphatic rings. The van der Waals surface area contributed by atoms with Crippen LogP contribution in [0.5, 0.6) is 0 Å². The molecule has 0 bridgehead atoms. The largest absolute Gasteiger partial charge is 0.336 e. The van der Waals surface area contributed by atoms with Crippen molar-refractivity contribution in [1.29, 1.82) is 0 Å². The second-order valence-electron chi connectivity index (χ2n) is 2.54. The van der Waals surface area contributed by atoms with Crippen molar-refractivity contribution in [2.24, 2.45) is 4.99 Å². The van der Waals surface area contributed by atoms with Crippen molar-refractivity contribution in [3.05, 3.63) is 34.6 Å². The van der Waals surface area contributed by atoms with E-state index in [0.29, 0.717) is 11.2 Å². The van der Waals surface area contributed by atoms with Crippen LogP contribution in [0.3, 0.4) is 0 Å². The van der Waals surface area contributed by atoms with Crippen molar-refractivity contribution in [1.82, 2.24) is 4.99 Å². The molecule has 2 nitrogen and oxygen atoms in total. The van der Waals surface area contributed by atoms with Gasteiger partial charge >= 0.3 is 5.84 Å². The zero-order valence-electron chi connectivity index (χ0n) is 6.50. The van der Waals surface area contributed by atoms with Gasteiger partial charge < -0.3 is 0 Å². The zero-order chi connectivity index (χ0) is 8.55. The van der Waals surface area contributed by atoms with Crippen LogP contribution in [0.4, 0.5) is 4.39 Å². The highest BCUT2D eigenvalue weighted by Gasteiger charge is 2.06.